The molecule has 3 nitrogen and oxygen atoms in total. The number of fused-ring (bicyclic) bond motifs is 1. The van der Waals surface area contributed by atoms with Crippen molar-refractivity contribution >= 4 is 10.9 Å². The number of aromatic nitrogens is 1. The summed E-state index contributed by atoms with van der Waals surface area (Å²) < 4.78 is 10.7. The summed E-state index contributed by atoms with van der Waals surface area (Å²) in [5, 5.41) is 1.20. The van der Waals surface area contributed by atoms with Gasteiger partial charge >= 0.3 is 0 Å². The first kappa shape index (κ1) is 19.0. The van der Waals surface area contributed by atoms with Gasteiger partial charge in [-0.25, -0.2) is 0 Å². The molecule has 29 heavy (non-hydrogen) atoms. The molecule has 4 rings (SSSR count). The van der Waals surface area contributed by atoms with Gasteiger partial charge in [0.05, 0.1) is 19.7 Å². The predicted octanol–water partition coefficient (Wildman–Crippen LogP) is 6.05. The minimum absolute atomic E-state index is 0.0588. The molecular weight excluding hydrogens is 358 g/mol. The lowest BCUT2D eigenvalue weighted by atomic mass is 9.83. The number of rotatable bonds is 5. The van der Waals surface area contributed by atoms with Crippen LogP contribution in [0.4, 0.5) is 0 Å². The molecule has 0 atom stereocenters. The molecule has 0 spiro atoms. The third kappa shape index (κ3) is 3.68. The Morgan fingerprint density at radius 2 is 1.28 bits per heavy atom. The smallest absolute Gasteiger partial charge is 0.118 e. The van der Waals surface area contributed by atoms with E-state index in [1.165, 1.54) is 33.2 Å². The SMILES string of the molecule is COc1ccc(C(c2ccc(OC)cc2)c2cc(C)cc3c(C)ccnc23)cc1. The maximum atomic E-state index is 5.37. The van der Waals surface area contributed by atoms with E-state index >= 15 is 0 Å². The number of benzene rings is 3. The van der Waals surface area contributed by atoms with E-state index in [4.69, 9.17) is 14.5 Å². The van der Waals surface area contributed by atoms with Crippen molar-refractivity contribution in [3.05, 3.63) is 101 Å². The first-order valence-corrected chi connectivity index (χ1v) is 9.74. The van der Waals surface area contributed by atoms with Crippen LogP contribution in [0.1, 0.15) is 33.7 Å². The fourth-order valence-corrected chi connectivity index (χ4v) is 3.93. The Kier molecular flexibility index (Phi) is 5.22. The molecule has 146 valence electrons. The highest BCUT2D eigenvalue weighted by Crippen LogP contribution is 2.38. The van der Waals surface area contributed by atoms with Crippen LogP contribution in [0.5, 0.6) is 11.5 Å². The summed E-state index contributed by atoms with van der Waals surface area (Å²) >= 11 is 0. The van der Waals surface area contributed by atoms with Gasteiger partial charge in [0.25, 0.3) is 0 Å². The Morgan fingerprint density at radius 3 is 1.79 bits per heavy atom. The highest BCUT2D eigenvalue weighted by Gasteiger charge is 2.21. The van der Waals surface area contributed by atoms with Gasteiger partial charge in [-0.2, -0.15) is 0 Å². The average Bonchev–Trinajstić information content (AvgIpc) is 2.75. The molecule has 0 radical (unpaired) electrons. The standard InChI is InChI=1S/C26H25NO2/c1-17-15-23-18(2)13-14-27-26(23)24(16-17)25(19-5-9-21(28-3)10-6-19)20-7-11-22(29-4)12-8-20/h5-16,25H,1-4H3. The molecule has 0 fully saturated rings. The first-order valence-electron chi connectivity index (χ1n) is 9.74. The molecular formula is C26H25NO2. The van der Waals surface area contributed by atoms with Crippen LogP contribution in [-0.4, -0.2) is 19.2 Å². The third-order valence-electron chi connectivity index (χ3n) is 5.45. The predicted molar refractivity (Wildman–Crippen MR) is 118 cm³/mol. The number of hydrogen-bond donors (Lipinski definition) is 0. The van der Waals surface area contributed by atoms with E-state index in [9.17, 15) is 0 Å². The van der Waals surface area contributed by atoms with Gasteiger partial charge in [-0.3, -0.25) is 4.98 Å². The van der Waals surface area contributed by atoms with E-state index in [1.807, 2.05) is 30.5 Å². The van der Waals surface area contributed by atoms with Gasteiger partial charge in [0.15, 0.2) is 0 Å². The van der Waals surface area contributed by atoms with Gasteiger partial charge < -0.3 is 9.47 Å². The van der Waals surface area contributed by atoms with Crippen LogP contribution in [0.3, 0.4) is 0 Å². The molecule has 0 saturated carbocycles. The van der Waals surface area contributed by atoms with Gasteiger partial charge in [0.1, 0.15) is 11.5 Å². The lowest BCUT2D eigenvalue weighted by molar-refractivity contribution is 0.414. The normalized spacial score (nSPS) is 11.1. The summed E-state index contributed by atoms with van der Waals surface area (Å²) in [6.07, 6.45) is 1.90. The molecule has 1 aromatic heterocycles. The molecule has 0 aliphatic carbocycles. The van der Waals surface area contributed by atoms with Crippen molar-refractivity contribution < 1.29 is 9.47 Å². The largest absolute Gasteiger partial charge is 0.497 e. The number of methoxy groups -OCH3 is 2. The summed E-state index contributed by atoms with van der Waals surface area (Å²) in [7, 11) is 3.38. The van der Waals surface area contributed by atoms with Crippen molar-refractivity contribution in [1.29, 1.82) is 0 Å². The molecule has 0 unspecified atom stereocenters. The fraction of sp³-hybridized carbons (Fsp3) is 0.192. The summed E-state index contributed by atoms with van der Waals surface area (Å²) in [5.74, 6) is 1.76. The Bertz CT molecular complexity index is 1080. The maximum absolute atomic E-state index is 5.37. The van der Waals surface area contributed by atoms with E-state index in [-0.39, 0.29) is 5.92 Å². The number of nitrogens with zero attached hydrogens (tertiary/aromatic N) is 1. The van der Waals surface area contributed by atoms with Gasteiger partial charge in [-0.15, -0.1) is 0 Å². The van der Waals surface area contributed by atoms with Crippen molar-refractivity contribution in [2.75, 3.05) is 14.2 Å². The van der Waals surface area contributed by atoms with E-state index < -0.39 is 0 Å². The summed E-state index contributed by atoms with van der Waals surface area (Å²) in [4.78, 5) is 4.77. The second-order valence-corrected chi connectivity index (χ2v) is 7.36. The van der Waals surface area contributed by atoms with Gasteiger partial charge in [-0.1, -0.05) is 35.9 Å². The van der Waals surface area contributed by atoms with Crippen LogP contribution in [0.25, 0.3) is 10.9 Å². The molecule has 0 N–H and O–H groups in total. The fourth-order valence-electron chi connectivity index (χ4n) is 3.93. The second-order valence-electron chi connectivity index (χ2n) is 7.36. The summed E-state index contributed by atoms with van der Waals surface area (Å²) in [6, 6.07) is 23.2. The highest BCUT2D eigenvalue weighted by atomic mass is 16.5. The summed E-state index contributed by atoms with van der Waals surface area (Å²) in [5.41, 5.74) is 7.13. The van der Waals surface area contributed by atoms with Gasteiger partial charge in [0.2, 0.25) is 0 Å². The van der Waals surface area contributed by atoms with Crippen LogP contribution >= 0.6 is 0 Å². The lowest BCUT2D eigenvalue weighted by Gasteiger charge is -2.22. The van der Waals surface area contributed by atoms with Gasteiger partial charge in [0, 0.05) is 17.5 Å². The Morgan fingerprint density at radius 1 is 0.724 bits per heavy atom. The zero-order chi connectivity index (χ0) is 20.4. The topological polar surface area (TPSA) is 31.4 Å². The van der Waals surface area contributed by atoms with Crippen molar-refractivity contribution in [2.24, 2.45) is 0 Å². The molecule has 1 heterocycles. The molecule has 0 saturated heterocycles. The third-order valence-corrected chi connectivity index (χ3v) is 5.45. The number of ether oxygens (including phenoxy) is 2. The second kappa shape index (κ2) is 7.96. The lowest BCUT2D eigenvalue weighted by Crippen LogP contribution is -2.06. The molecule has 0 aliphatic heterocycles. The van der Waals surface area contributed by atoms with E-state index in [0.717, 1.165) is 17.0 Å². The molecule has 0 amide bonds. The first-order chi connectivity index (χ1) is 14.1. The molecule has 3 heteroatoms. The molecule has 0 bridgehead atoms. The maximum Gasteiger partial charge on any atom is 0.118 e. The van der Waals surface area contributed by atoms with Crippen LogP contribution < -0.4 is 9.47 Å². The number of aryl methyl sites for hydroxylation is 2. The monoisotopic (exact) mass is 383 g/mol. The molecule has 0 aliphatic rings. The van der Waals surface area contributed by atoms with E-state index in [0.29, 0.717) is 0 Å². The van der Waals surface area contributed by atoms with Crippen LogP contribution in [-0.2, 0) is 0 Å². The zero-order valence-electron chi connectivity index (χ0n) is 17.3. The minimum Gasteiger partial charge on any atom is -0.497 e. The number of pyridine rings is 1. The van der Waals surface area contributed by atoms with Crippen LogP contribution in [0.2, 0.25) is 0 Å². The Hall–Kier alpha value is -3.33. The highest BCUT2D eigenvalue weighted by molar-refractivity contribution is 5.87. The van der Waals surface area contributed by atoms with Crippen molar-refractivity contribution in [3.8, 4) is 11.5 Å². The van der Waals surface area contributed by atoms with Gasteiger partial charge in [-0.05, 0) is 72.5 Å². The van der Waals surface area contributed by atoms with Crippen LogP contribution in [0.15, 0.2) is 72.9 Å². The minimum atomic E-state index is 0.0588. The molecule has 3 aromatic carbocycles. The van der Waals surface area contributed by atoms with Crippen LogP contribution in [0, 0.1) is 13.8 Å². The van der Waals surface area contributed by atoms with E-state index in [1.54, 1.807) is 14.2 Å². The van der Waals surface area contributed by atoms with E-state index in [2.05, 4.69) is 56.3 Å². The Labute approximate surface area is 171 Å². The average molecular weight is 383 g/mol. The number of hydrogen-bond acceptors (Lipinski definition) is 3. The van der Waals surface area contributed by atoms with Crippen molar-refractivity contribution in [2.45, 2.75) is 19.8 Å². The molecule has 4 aromatic rings. The zero-order valence-corrected chi connectivity index (χ0v) is 17.3. The quantitative estimate of drug-likeness (QED) is 0.393. The van der Waals surface area contributed by atoms with Crippen molar-refractivity contribution in [3.63, 3.8) is 0 Å². The summed E-state index contributed by atoms with van der Waals surface area (Å²) in [6.45, 7) is 4.29. The van der Waals surface area contributed by atoms with Crippen molar-refractivity contribution in [1.82, 2.24) is 4.98 Å². The Balaban J connectivity index is 1.97.